The van der Waals surface area contributed by atoms with Crippen molar-refractivity contribution in [3.63, 3.8) is 0 Å². The number of pyridine rings is 1. The quantitative estimate of drug-likeness (QED) is 0.690. The topological polar surface area (TPSA) is 42.0 Å². The second-order valence-corrected chi connectivity index (χ2v) is 7.02. The standard InChI is InChI=1S/C20H20N2OS/c1-15(24-18-8-3-2-4-9-18)20(23)21-14-13-17-12-11-16-7-5-6-10-19(16)22-17/h2-12,15H,13-14H2,1H3,(H,21,23)/t15-/m0/s1. The summed E-state index contributed by atoms with van der Waals surface area (Å²) >= 11 is 1.57. The lowest BCUT2D eigenvalue weighted by molar-refractivity contribution is -0.120. The van der Waals surface area contributed by atoms with E-state index in [4.69, 9.17) is 0 Å². The Kier molecular flexibility index (Phi) is 5.49. The van der Waals surface area contributed by atoms with Crippen LogP contribution < -0.4 is 5.32 Å². The number of hydrogen-bond donors (Lipinski definition) is 1. The van der Waals surface area contributed by atoms with Gasteiger partial charge < -0.3 is 5.32 Å². The first kappa shape index (κ1) is 16.5. The number of nitrogens with zero attached hydrogens (tertiary/aromatic N) is 1. The molecule has 2 aromatic carbocycles. The average molecular weight is 336 g/mol. The zero-order valence-corrected chi connectivity index (χ0v) is 14.4. The Labute approximate surface area is 146 Å². The normalized spacial score (nSPS) is 12.0. The van der Waals surface area contributed by atoms with Gasteiger partial charge in [-0.05, 0) is 31.2 Å². The molecule has 0 aliphatic carbocycles. The molecule has 0 unspecified atom stereocenters. The van der Waals surface area contributed by atoms with Gasteiger partial charge in [0.1, 0.15) is 0 Å². The van der Waals surface area contributed by atoms with E-state index in [1.54, 1.807) is 11.8 Å². The van der Waals surface area contributed by atoms with E-state index in [2.05, 4.69) is 22.4 Å². The second-order valence-electron chi connectivity index (χ2n) is 5.61. The predicted octanol–water partition coefficient (Wildman–Crippen LogP) is 4.07. The van der Waals surface area contributed by atoms with Gasteiger partial charge in [0, 0.05) is 28.9 Å². The molecule has 3 rings (SSSR count). The highest BCUT2D eigenvalue weighted by Gasteiger charge is 2.13. The SMILES string of the molecule is C[C@H](Sc1ccccc1)C(=O)NCCc1ccc2ccccc2n1. The van der Waals surface area contributed by atoms with Crippen LogP contribution in [-0.4, -0.2) is 22.7 Å². The molecular weight excluding hydrogens is 316 g/mol. The largest absolute Gasteiger partial charge is 0.355 e. The smallest absolute Gasteiger partial charge is 0.233 e. The van der Waals surface area contributed by atoms with Gasteiger partial charge in [0.05, 0.1) is 10.8 Å². The molecule has 3 aromatic rings. The van der Waals surface area contributed by atoms with Gasteiger partial charge >= 0.3 is 0 Å². The summed E-state index contributed by atoms with van der Waals surface area (Å²) in [4.78, 5) is 17.9. The number of para-hydroxylation sites is 1. The molecule has 0 spiro atoms. The fraction of sp³-hybridized carbons (Fsp3) is 0.200. The molecule has 0 bridgehead atoms. The van der Waals surface area contributed by atoms with Crippen LogP contribution in [0.15, 0.2) is 71.6 Å². The Bertz CT molecular complexity index is 820. The predicted molar refractivity (Wildman–Crippen MR) is 100 cm³/mol. The van der Waals surface area contributed by atoms with Gasteiger partial charge in [-0.3, -0.25) is 9.78 Å². The molecule has 0 fully saturated rings. The maximum atomic E-state index is 12.2. The fourth-order valence-electron chi connectivity index (χ4n) is 2.46. The van der Waals surface area contributed by atoms with Crippen molar-refractivity contribution in [2.75, 3.05) is 6.54 Å². The first-order valence-electron chi connectivity index (χ1n) is 8.06. The third-order valence-electron chi connectivity index (χ3n) is 3.76. The van der Waals surface area contributed by atoms with Crippen LogP contribution >= 0.6 is 11.8 Å². The van der Waals surface area contributed by atoms with E-state index >= 15 is 0 Å². The zero-order chi connectivity index (χ0) is 16.8. The molecule has 0 radical (unpaired) electrons. The number of amides is 1. The van der Waals surface area contributed by atoms with Gasteiger partial charge in [0.25, 0.3) is 0 Å². The number of benzene rings is 2. The van der Waals surface area contributed by atoms with Crippen LogP contribution in [0.4, 0.5) is 0 Å². The van der Waals surface area contributed by atoms with Gasteiger partial charge in [0.2, 0.25) is 5.91 Å². The molecule has 1 aromatic heterocycles. The summed E-state index contributed by atoms with van der Waals surface area (Å²) in [6, 6.07) is 22.2. The minimum absolute atomic E-state index is 0.0599. The minimum atomic E-state index is -0.114. The van der Waals surface area contributed by atoms with Crippen molar-refractivity contribution in [2.24, 2.45) is 0 Å². The van der Waals surface area contributed by atoms with Crippen LogP contribution in [0.25, 0.3) is 10.9 Å². The van der Waals surface area contributed by atoms with Crippen LogP contribution in [-0.2, 0) is 11.2 Å². The first-order valence-corrected chi connectivity index (χ1v) is 8.94. The third-order valence-corrected chi connectivity index (χ3v) is 4.87. The van der Waals surface area contributed by atoms with E-state index in [9.17, 15) is 4.79 Å². The van der Waals surface area contributed by atoms with Crippen LogP contribution in [0.5, 0.6) is 0 Å². The number of carbonyl (C=O) groups is 1. The molecule has 122 valence electrons. The summed E-state index contributed by atoms with van der Waals surface area (Å²) in [5.74, 6) is 0.0599. The van der Waals surface area contributed by atoms with Crippen LogP contribution in [0, 0.1) is 0 Å². The monoisotopic (exact) mass is 336 g/mol. The molecule has 24 heavy (non-hydrogen) atoms. The Morgan fingerprint density at radius 3 is 2.62 bits per heavy atom. The van der Waals surface area contributed by atoms with E-state index < -0.39 is 0 Å². The van der Waals surface area contributed by atoms with Crippen LogP contribution in [0.1, 0.15) is 12.6 Å². The minimum Gasteiger partial charge on any atom is -0.355 e. The Morgan fingerprint density at radius 1 is 1.04 bits per heavy atom. The molecule has 3 nitrogen and oxygen atoms in total. The number of carbonyl (C=O) groups excluding carboxylic acids is 1. The van der Waals surface area contributed by atoms with Crippen molar-refractivity contribution in [1.82, 2.24) is 10.3 Å². The van der Waals surface area contributed by atoms with Gasteiger partial charge in [-0.15, -0.1) is 11.8 Å². The molecule has 1 heterocycles. The van der Waals surface area contributed by atoms with Crippen molar-refractivity contribution in [1.29, 1.82) is 0 Å². The maximum Gasteiger partial charge on any atom is 0.233 e. The molecular formula is C20H20N2OS. The zero-order valence-electron chi connectivity index (χ0n) is 13.6. The Morgan fingerprint density at radius 2 is 1.79 bits per heavy atom. The van der Waals surface area contributed by atoms with Crippen molar-refractivity contribution < 1.29 is 4.79 Å². The van der Waals surface area contributed by atoms with Crippen LogP contribution in [0.3, 0.4) is 0 Å². The molecule has 4 heteroatoms. The number of nitrogens with one attached hydrogen (secondary N) is 1. The maximum absolute atomic E-state index is 12.2. The van der Waals surface area contributed by atoms with Gasteiger partial charge in [-0.25, -0.2) is 0 Å². The van der Waals surface area contributed by atoms with E-state index in [1.807, 2.05) is 61.5 Å². The van der Waals surface area contributed by atoms with E-state index in [0.29, 0.717) is 6.54 Å². The molecule has 0 aliphatic heterocycles. The summed E-state index contributed by atoms with van der Waals surface area (Å²) in [5, 5.41) is 4.02. The lowest BCUT2D eigenvalue weighted by Gasteiger charge is -2.12. The second kappa shape index (κ2) is 7.97. The van der Waals surface area contributed by atoms with Gasteiger partial charge in [-0.1, -0.05) is 42.5 Å². The highest BCUT2D eigenvalue weighted by molar-refractivity contribution is 8.00. The lowest BCUT2D eigenvalue weighted by Crippen LogP contribution is -2.32. The number of thioether (sulfide) groups is 1. The number of aromatic nitrogens is 1. The summed E-state index contributed by atoms with van der Waals surface area (Å²) in [5.41, 5.74) is 1.99. The highest BCUT2D eigenvalue weighted by Crippen LogP contribution is 2.22. The van der Waals surface area contributed by atoms with Crippen LogP contribution in [0.2, 0.25) is 0 Å². The van der Waals surface area contributed by atoms with E-state index in [0.717, 1.165) is 27.9 Å². The Balaban J connectivity index is 1.50. The summed E-state index contributed by atoms with van der Waals surface area (Å²) in [7, 11) is 0. The highest BCUT2D eigenvalue weighted by atomic mass is 32.2. The molecule has 1 N–H and O–H groups in total. The summed E-state index contributed by atoms with van der Waals surface area (Å²) < 4.78 is 0. The number of rotatable bonds is 6. The fourth-order valence-corrected chi connectivity index (χ4v) is 3.37. The van der Waals surface area contributed by atoms with Crippen molar-refractivity contribution in [2.45, 2.75) is 23.5 Å². The van der Waals surface area contributed by atoms with Crippen molar-refractivity contribution >= 4 is 28.6 Å². The average Bonchev–Trinajstić information content (AvgIpc) is 2.62. The lowest BCUT2D eigenvalue weighted by atomic mass is 10.2. The number of hydrogen-bond acceptors (Lipinski definition) is 3. The van der Waals surface area contributed by atoms with Crippen molar-refractivity contribution in [3.05, 3.63) is 72.4 Å². The van der Waals surface area contributed by atoms with Crippen molar-refractivity contribution in [3.8, 4) is 0 Å². The van der Waals surface area contributed by atoms with Gasteiger partial charge in [-0.2, -0.15) is 0 Å². The molecule has 1 amide bonds. The third kappa shape index (κ3) is 4.36. The molecule has 0 saturated carbocycles. The van der Waals surface area contributed by atoms with E-state index in [1.165, 1.54) is 0 Å². The molecule has 0 saturated heterocycles. The first-order chi connectivity index (χ1) is 11.7. The molecule has 1 atom stereocenters. The number of fused-ring (bicyclic) bond motifs is 1. The summed E-state index contributed by atoms with van der Waals surface area (Å²) in [6.07, 6.45) is 0.735. The molecule has 0 aliphatic rings. The van der Waals surface area contributed by atoms with E-state index in [-0.39, 0.29) is 11.2 Å². The summed E-state index contributed by atoms with van der Waals surface area (Å²) in [6.45, 7) is 2.53. The Hall–Kier alpha value is -2.33. The van der Waals surface area contributed by atoms with Gasteiger partial charge in [0.15, 0.2) is 0 Å².